The predicted octanol–water partition coefficient (Wildman–Crippen LogP) is 3.30. The summed E-state index contributed by atoms with van der Waals surface area (Å²) in [4.78, 5) is 11.8. The van der Waals surface area contributed by atoms with Gasteiger partial charge in [0.05, 0.1) is 5.52 Å². The minimum Gasteiger partial charge on any atom is -0.356 e. The molecule has 3 rings (SSSR count). The van der Waals surface area contributed by atoms with E-state index in [-0.39, 0.29) is 0 Å². The molecule has 0 saturated carbocycles. The molecule has 2 aromatic rings. The Kier molecular flexibility index (Phi) is 3.72. The number of rotatable bonds is 4. The average molecular weight is 270 g/mol. The molecule has 4 heteroatoms. The Morgan fingerprint density at radius 1 is 1.30 bits per heavy atom. The van der Waals surface area contributed by atoms with E-state index in [1.807, 2.05) is 6.07 Å². The van der Waals surface area contributed by atoms with Crippen LogP contribution in [0.1, 0.15) is 26.7 Å². The Morgan fingerprint density at radius 3 is 2.90 bits per heavy atom. The molecule has 1 aromatic heterocycles. The van der Waals surface area contributed by atoms with Crippen molar-refractivity contribution in [3.63, 3.8) is 0 Å². The minimum absolute atomic E-state index is 0.746. The first-order chi connectivity index (χ1) is 9.78. The van der Waals surface area contributed by atoms with Gasteiger partial charge in [-0.3, -0.25) is 0 Å². The van der Waals surface area contributed by atoms with Crippen LogP contribution in [0.3, 0.4) is 0 Å². The van der Waals surface area contributed by atoms with E-state index in [9.17, 15) is 0 Å². The molecule has 0 radical (unpaired) electrons. The molecule has 106 valence electrons. The van der Waals surface area contributed by atoms with Gasteiger partial charge in [0.2, 0.25) is 5.95 Å². The molecule has 1 N–H and O–H groups in total. The van der Waals surface area contributed by atoms with Gasteiger partial charge < -0.3 is 10.2 Å². The molecule has 1 aromatic carbocycles. The fourth-order valence-electron chi connectivity index (χ4n) is 2.74. The zero-order valence-electron chi connectivity index (χ0n) is 12.3. The third-order valence-electron chi connectivity index (χ3n) is 3.84. The average Bonchev–Trinajstić information content (AvgIpc) is 2.90. The van der Waals surface area contributed by atoms with Crippen molar-refractivity contribution in [3.05, 3.63) is 24.3 Å². The van der Waals surface area contributed by atoms with E-state index in [2.05, 4.69) is 47.2 Å². The zero-order valence-corrected chi connectivity index (χ0v) is 12.3. The van der Waals surface area contributed by atoms with Crippen LogP contribution >= 0.6 is 0 Å². The van der Waals surface area contributed by atoms with Gasteiger partial charge >= 0.3 is 0 Å². The van der Waals surface area contributed by atoms with E-state index in [1.54, 1.807) is 0 Å². The van der Waals surface area contributed by atoms with E-state index in [0.717, 1.165) is 54.6 Å². The van der Waals surface area contributed by atoms with Crippen molar-refractivity contribution < 1.29 is 0 Å². The molecule has 0 amide bonds. The van der Waals surface area contributed by atoms with E-state index in [1.165, 1.54) is 6.42 Å². The van der Waals surface area contributed by atoms with Crippen LogP contribution in [0.5, 0.6) is 0 Å². The second-order valence-electron chi connectivity index (χ2n) is 5.65. The van der Waals surface area contributed by atoms with Crippen molar-refractivity contribution in [2.45, 2.75) is 26.7 Å². The van der Waals surface area contributed by atoms with E-state index < -0.39 is 0 Å². The van der Waals surface area contributed by atoms with Crippen LogP contribution in [0.4, 0.5) is 11.8 Å². The number of para-hydroxylation sites is 1. The Balaban J connectivity index is 2.03. The number of aromatic nitrogens is 2. The lowest BCUT2D eigenvalue weighted by atomic mass is 10.2. The molecule has 0 spiro atoms. The highest BCUT2D eigenvalue weighted by Crippen LogP contribution is 2.29. The first-order valence-electron chi connectivity index (χ1n) is 7.53. The fraction of sp³-hybridized carbons (Fsp3) is 0.500. The number of hydrogen-bond donors (Lipinski definition) is 1. The molecule has 2 heterocycles. The number of fused-ring (bicyclic) bond motifs is 1. The first-order valence-corrected chi connectivity index (χ1v) is 7.53. The first kappa shape index (κ1) is 13.2. The number of hydrogen-bond acceptors (Lipinski definition) is 4. The Labute approximate surface area is 120 Å². The summed E-state index contributed by atoms with van der Waals surface area (Å²) in [6.07, 6.45) is 2.32. The molecule has 1 aliphatic heterocycles. The molecule has 1 aliphatic rings. The normalized spacial score (nSPS) is 18.7. The highest BCUT2D eigenvalue weighted by Gasteiger charge is 2.22. The molecule has 1 fully saturated rings. The Bertz CT molecular complexity index is 596. The highest BCUT2D eigenvalue weighted by atomic mass is 15.2. The largest absolute Gasteiger partial charge is 0.356 e. The van der Waals surface area contributed by atoms with Crippen molar-refractivity contribution in [2.24, 2.45) is 5.92 Å². The SMILES string of the molecule is CCCNc1nc(N2CCC(C)C2)c2ccccc2n1. The quantitative estimate of drug-likeness (QED) is 0.925. The van der Waals surface area contributed by atoms with E-state index in [4.69, 9.17) is 4.98 Å². The Hall–Kier alpha value is -1.84. The third-order valence-corrected chi connectivity index (χ3v) is 3.84. The van der Waals surface area contributed by atoms with Gasteiger partial charge in [0.15, 0.2) is 0 Å². The van der Waals surface area contributed by atoms with Gasteiger partial charge in [0.1, 0.15) is 5.82 Å². The summed E-state index contributed by atoms with van der Waals surface area (Å²) in [5.41, 5.74) is 1.02. The lowest BCUT2D eigenvalue weighted by molar-refractivity contribution is 0.659. The van der Waals surface area contributed by atoms with Gasteiger partial charge in [-0.15, -0.1) is 0 Å². The highest BCUT2D eigenvalue weighted by molar-refractivity contribution is 5.90. The second-order valence-corrected chi connectivity index (χ2v) is 5.65. The van der Waals surface area contributed by atoms with Crippen LogP contribution < -0.4 is 10.2 Å². The summed E-state index contributed by atoms with van der Waals surface area (Å²) in [5.74, 6) is 2.58. The van der Waals surface area contributed by atoms with Crippen LogP contribution in [0.2, 0.25) is 0 Å². The lowest BCUT2D eigenvalue weighted by Crippen LogP contribution is -2.21. The summed E-state index contributed by atoms with van der Waals surface area (Å²) in [6.45, 7) is 7.55. The molecule has 0 aliphatic carbocycles. The van der Waals surface area contributed by atoms with Crippen molar-refractivity contribution in [3.8, 4) is 0 Å². The van der Waals surface area contributed by atoms with E-state index in [0.29, 0.717) is 0 Å². The third kappa shape index (κ3) is 2.55. The van der Waals surface area contributed by atoms with Gasteiger partial charge in [-0.25, -0.2) is 4.98 Å². The fourth-order valence-corrected chi connectivity index (χ4v) is 2.74. The maximum Gasteiger partial charge on any atom is 0.225 e. The molecule has 4 nitrogen and oxygen atoms in total. The predicted molar refractivity (Wildman–Crippen MR) is 84.3 cm³/mol. The van der Waals surface area contributed by atoms with Gasteiger partial charge in [0.25, 0.3) is 0 Å². The summed E-state index contributed by atoms with van der Waals surface area (Å²) < 4.78 is 0. The van der Waals surface area contributed by atoms with Crippen LogP contribution in [-0.2, 0) is 0 Å². The van der Waals surface area contributed by atoms with Crippen molar-refractivity contribution >= 4 is 22.7 Å². The molecule has 1 unspecified atom stereocenters. The van der Waals surface area contributed by atoms with Crippen LogP contribution in [0.15, 0.2) is 24.3 Å². The van der Waals surface area contributed by atoms with Gasteiger partial charge in [-0.1, -0.05) is 26.0 Å². The molecule has 20 heavy (non-hydrogen) atoms. The molecule has 1 saturated heterocycles. The number of nitrogens with zero attached hydrogens (tertiary/aromatic N) is 3. The number of anilines is 2. The lowest BCUT2D eigenvalue weighted by Gasteiger charge is -2.20. The smallest absolute Gasteiger partial charge is 0.225 e. The molecule has 0 bridgehead atoms. The van der Waals surface area contributed by atoms with Crippen LogP contribution in [-0.4, -0.2) is 29.6 Å². The monoisotopic (exact) mass is 270 g/mol. The second kappa shape index (κ2) is 5.65. The molecular formula is C16H22N4. The van der Waals surface area contributed by atoms with Gasteiger partial charge in [0, 0.05) is 25.0 Å². The van der Waals surface area contributed by atoms with Gasteiger partial charge in [-0.2, -0.15) is 4.98 Å². The topological polar surface area (TPSA) is 41.1 Å². The van der Waals surface area contributed by atoms with Crippen LogP contribution in [0, 0.1) is 5.92 Å². The standard InChI is InChI=1S/C16H22N4/c1-3-9-17-16-18-14-7-5-4-6-13(14)15(19-16)20-10-8-12(2)11-20/h4-7,12H,3,8-11H2,1-2H3,(H,17,18,19). The van der Waals surface area contributed by atoms with Crippen LogP contribution in [0.25, 0.3) is 10.9 Å². The maximum atomic E-state index is 4.76. The summed E-state index contributed by atoms with van der Waals surface area (Å²) in [6, 6.07) is 8.29. The number of nitrogens with one attached hydrogen (secondary N) is 1. The minimum atomic E-state index is 0.746. The molecular weight excluding hydrogens is 248 g/mol. The number of benzene rings is 1. The van der Waals surface area contributed by atoms with Crippen molar-refractivity contribution in [1.82, 2.24) is 9.97 Å². The summed E-state index contributed by atoms with van der Waals surface area (Å²) in [7, 11) is 0. The summed E-state index contributed by atoms with van der Waals surface area (Å²) >= 11 is 0. The summed E-state index contributed by atoms with van der Waals surface area (Å²) in [5, 5.41) is 4.47. The van der Waals surface area contributed by atoms with Crippen molar-refractivity contribution in [2.75, 3.05) is 29.9 Å². The Morgan fingerprint density at radius 2 is 2.15 bits per heavy atom. The van der Waals surface area contributed by atoms with E-state index >= 15 is 0 Å². The molecule has 1 atom stereocenters. The van der Waals surface area contributed by atoms with Gasteiger partial charge in [-0.05, 0) is 30.9 Å². The maximum absolute atomic E-state index is 4.76. The van der Waals surface area contributed by atoms with Crippen molar-refractivity contribution in [1.29, 1.82) is 0 Å². The zero-order chi connectivity index (χ0) is 13.9.